The summed E-state index contributed by atoms with van der Waals surface area (Å²) in [5.41, 5.74) is 8.71. The molecule has 0 heterocycles. The van der Waals surface area contributed by atoms with Crippen LogP contribution in [0.3, 0.4) is 0 Å². The van der Waals surface area contributed by atoms with Crippen LogP contribution in [-0.2, 0) is 0 Å². The molecule has 0 aromatic heterocycles. The molecule has 0 amide bonds. The number of hydrogen-bond donors (Lipinski definition) is 2. The molecule has 0 radical (unpaired) electrons. The zero-order valence-corrected chi connectivity index (χ0v) is 9.18. The molecule has 0 aliphatic heterocycles. The molecule has 0 saturated carbocycles. The predicted molar refractivity (Wildman–Crippen MR) is 68.3 cm³/mol. The molecule has 3 N–H and O–H groups in total. The first-order chi connectivity index (χ1) is 8.22. The molecule has 2 rings (SSSR count). The Hall–Kier alpha value is -2.42. The molecular formula is C14H12N2O. The Morgan fingerprint density at radius 3 is 2.29 bits per heavy atom. The van der Waals surface area contributed by atoms with Gasteiger partial charge < -0.3 is 5.73 Å². The van der Waals surface area contributed by atoms with Crippen LogP contribution in [0.4, 0.5) is 0 Å². The molecule has 0 saturated heterocycles. The molecule has 0 spiro atoms. The third-order valence-corrected chi connectivity index (χ3v) is 2.58. The molecule has 17 heavy (non-hydrogen) atoms. The van der Waals surface area contributed by atoms with E-state index in [1.807, 2.05) is 36.4 Å². The van der Waals surface area contributed by atoms with Gasteiger partial charge in [-0.25, -0.2) is 0 Å². The Bertz CT molecular complexity index is 559. The van der Waals surface area contributed by atoms with E-state index < -0.39 is 0 Å². The van der Waals surface area contributed by atoms with Crippen LogP contribution in [0.2, 0.25) is 0 Å². The highest BCUT2D eigenvalue weighted by Crippen LogP contribution is 2.23. The molecule has 0 aliphatic rings. The van der Waals surface area contributed by atoms with Crippen LogP contribution < -0.4 is 5.73 Å². The molecule has 84 valence electrons. The normalized spacial score (nSPS) is 9.88. The van der Waals surface area contributed by atoms with Crippen molar-refractivity contribution >= 4 is 12.1 Å². The lowest BCUT2D eigenvalue weighted by molar-refractivity contribution is 0.112. The van der Waals surface area contributed by atoms with Gasteiger partial charge in [-0.05, 0) is 11.1 Å². The number of nitrogen functional groups attached to an aromatic ring is 1. The smallest absolute Gasteiger partial charge is 0.150 e. The van der Waals surface area contributed by atoms with Crippen LogP contribution in [0.5, 0.6) is 0 Å². The predicted octanol–water partition coefficient (Wildman–Crippen LogP) is 2.45. The maximum atomic E-state index is 10.6. The van der Waals surface area contributed by atoms with Crippen molar-refractivity contribution in [2.75, 3.05) is 0 Å². The number of carbonyl (C=O) groups is 1. The average Bonchev–Trinajstić information content (AvgIpc) is 2.39. The second kappa shape index (κ2) is 4.61. The minimum atomic E-state index is 0.0417. The summed E-state index contributed by atoms with van der Waals surface area (Å²) in [7, 11) is 0. The highest BCUT2D eigenvalue weighted by atomic mass is 16.1. The first-order valence-electron chi connectivity index (χ1n) is 5.21. The summed E-state index contributed by atoms with van der Waals surface area (Å²) in [4.78, 5) is 10.6. The van der Waals surface area contributed by atoms with Crippen molar-refractivity contribution in [1.29, 1.82) is 5.41 Å². The van der Waals surface area contributed by atoms with E-state index in [2.05, 4.69) is 0 Å². The van der Waals surface area contributed by atoms with E-state index in [0.717, 1.165) is 17.4 Å². The van der Waals surface area contributed by atoms with Crippen molar-refractivity contribution in [3.05, 3.63) is 59.7 Å². The lowest BCUT2D eigenvalue weighted by Gasteiger charge is -2.08. The highest BCUT2D eigenvalue weighted by molar-refractivity contribution is 6.01. The SMILES string of the molecule is N=C(N)c1ccccc1-c1ccc(C=O)cc1. The van der Waals surface area contributed by atoms with Gasteiger partial charge in [-0.1, -0.05) is 48.5 Å². The maximum Gasteiger partial charge on any atom is 0.150 e. The third kappa shape index (κ3) is 2.23. The van der Waals surface area contributed by atoms with E-state index in [1.165, 1.54) is 0 Å². The molecule has 3 nitrogen and oxygen atoms in total. The summed E-state index contributed by atoms with van der Waals surface area (Å²) in [6.45, 7) is 0. The minimum absolute atomic E-state index is 0.0417. The molecule has 0 bridgehead atoms. The number of hydrogen-bond acceptors (Lipinski definition) is 2. The van der Waals surface area contributed by atoms with E-state index in [4.69, 9.17) is 11.1 Å². The average molecular weight is 224 g/mol. The van der Waals surface area contributed by atoms with Crippen molar-refractivity contribution < 1.29 is 4.79 Å². The van der Waals surface area contributed by atoms with Crippen LogP contribution in [0.1, 0.15) is 15.9 Å². The Kier molecular flexibility index (Phi) is 3.01. The van der Waals surface area contributed by atoms with Crippen molar-refractivity contribution in [2.24, 2.45) is 5.73 Å². The van der Waals surface area contributed by atoms with Crippen LogP contribution in [-0.4, -0.2) is 12.1 Å². The van der Waals surface area contributed by atoms with Crippen LogP contribution in [0.25, 0.3) is 11.1 Å². The monoisotopic (exact) mass is 224 g/mol. The number of nitrogens with one attached hydrogen (secondary N) is 1. The number of aldehydes is 1. The van der Waals surface area contributed by atoms with E-state index >= 15 is 0 Å². The van der Waals surface area contributed by atoms with Gasteiger partial charge in [-0.15, -0.1) is 0 Å². The summed E-state index contributed by atoms with van der Waals surface area (Å²) >= 11 is 0. The minimum Gasteiger partial charge on any atom is -0.384 e. The highest BCUT2D eigenvalue weighted by Gasteiger charge is 2.06. The lowest BCUT2D eigenvalue weighted by atomic mass is 9.98. The van der Waals surface area contributed by atoms with E-state index in [-0.39, 0.29) is 5.84 Å². The molecule has 0 aliphatic carbocycles. The fourth-order valence-electron chi connectivity index (χ4n) is 1.71. The third-order valence-electron chi connectivity index (χ3n) is 2.58. The molecule has 2 aromatic rings. The van der Waals surface area contributed by atoms with Gasteiger partial charge in [0.15, 0.2) is 0 Å². The van der Waals surface area contributed by atoms with Gasteiger partial charge in [0.2, 0.25) is 0 Å². The standard InChI is InChI=1S/C14H12N2O/c15-14(16)13-4-2-1-3-12(13)11-7-5-10(9-17)6-8-11/h1-9H,(H3,15,16). The topological polar surface area (TPSA) is 66.9 Å². The van der Waals surface area contributed by atoms with Crippen molar-refractivity contribution in [3.63, 3.8) is 0 Å². The van der Waals surface area contributed by atoms with E-state index in [0.29, 0.717) is 11.1 Å². The Morgan fingerprint density at radius 1 is 1.06 bits per heavy atom. The van der Waals surface area contributed by atoms with Gasteiger partial charge >= 0.3 is 0 Å². The molecule has 0 atom stereocenters. The summed E-state index contributed by atoms with van der Waals surface area (Å²) in [5, 5.41) is 7.53. The van der Waals surface area contributed by atoms with Gasteiger partial charge in [0.05, 0.1) is 0 Å². The van der Waals surface area contributed by atoms with Crippen LogP contribution >= 0.6 is 0 Å². The van der Waals surface area contributed by atoms with Crippen molar-refractivity contribution in [3.8, 4) is 11.1 Å². The van der Waals surface area contributed by atoms with Crippen LogP contribution in [0.15, 0.2) is 48.5 Å². The van der Waals surface area contributed by atoms with Crippen molar-refractivity contribution in [2.45, 2.75) is 0 Å². The van der Waals surface area contributed by atoms with E-state index in [1.54, 1.807) is 12.1 Å². The zero-order chi connectivity index (χ0) is 12.3. The fraction of sp³-hybridized carbons (Fsp3) is 0. The quantitative estimate of drug-likeness (QED) is 0.477. The molecule has 0 unspecified atom stereocenters. The van der Waals surface area contributed by atoms with Gasteiger partial charge in [-0.2, -0.15) is 0 Å². The largest absolute Gasteiger partial charge is 0.384 e. The second-order valence-corrected chi connectivity index (χ2v) is 3.70. The van der Waals surface area contributed by atoms with Gasteiger partial charge in [0.1, 0.15) is 12.1 Å². The fourth-order valence-corrected chi connectivity index (χ4v) is 1.71. The molecule has 2 aromatic carbocycles. The number of amidine groups is 1. The summed E-state index contributed by atoms with van der Waals surface area (Å²) in [5.74, 6) is 0.0417. The van der Waals surface area contributed by atoms with Gasteiger partial charge in [-0.3, -0.25) is 10.2 Å². The molecule has 0 fully saturated rings. The van der Waals surface area contributed by atoms with Gasteiger partial charge in [0, 0.05) is 11.1 Å². The number of carbonyl (C=O) groups excluding carboxylic acids is 1. The maximum absolute atomic E-state index is 10.6. The lowest BCUT2D eigenvalue weighted by Crippen LogP contribution is -2.12. The molecular weight excluding hydrogens is 212 g/mol. The first-order valence-corrected chi connectivity index (χ1v) is 5.21. The van der Waals surface area contributed by atoms with Crippen LogP contribution in [0, 0.1) is 5.41 Å². The Balaban J connectivity index is 2.52. The Morgan fingerprint density at radius 2 is 1.71 bits per heavy atom. The first kappa shape index (κ1) is 11.1. The number of benzene rings is 2. The summed E-state index contributed by atoms with van der Waals surface area (Å²) in [6, 6.07) is 14.7. The molecule has 3 heteroatoms. The second-order valence-electron chi connectivity index (χ2n) is 3.70. The number of rotatable bonds is 3. The van der Waals surface area contributed by atoms with Gasteiger partial charge in [0.25, 0.3) is 0 Å². The number of nitrogens with two attached hydrogens (primary N) is 1. The zero-order valence-electron chi connectivity index (χ0n) is 9.18. The Labute approximate surface area is 99.4 Å². The summed E-state index contributed by atoms with van der Waals surface area (Å²) in [6.07, 6.45) is 0.806. The van der Waals surface area contributed by atoms with E-state index in [9.17, 15) is 4.79 Å². The summed E-state index contributed by atoms with van der Waals surface area (Å²) < 4.78 is 0. The van der Waals surface area contributed by atoms with Crippen molar-refractivity contribution in [1.82, 2.24) is 0 Å².